The van der Waals surface area contributed by atoms with E-state index in [1.165, 1.54) is 79.0 Å². The quantitative estimate of drug-likeness (QED) is 0.0182. The van der Waals surface area contributed by atoms with Crippen molar-refractivity contribution in [3.05, 3.63) is 114 Å². The van der Waals surface area contributed by atoms with E-state index in [0.717, 1.165) is 181 Å². The molecule has 0 aromatic carbocycles. The van der Waals surface area contributed by atoms with Crippen LogP contribution in [0.2, 0.25) is 0 Å². The summed E-state index contributed by atoms with van der Waals surface area (Å²) in [6, 6.07) is 9.34. The Labute approximate surface area is 847 Å². The van der Waals surface area contributed by atoms with Crippen molar-refractivity contribution in [3.8, 4) is 41.8 Å². The normalized spacial score (nSPS) is 21.0. The Morgan fingerprint density at radius 1 is 0.430 bits per heavy atom. The van der Waals surface area contributed by atoms with E-state index in [-0.39, 0.29) is 117 Å². The van der Waals surface area contributed by atoms with Gasteiger partial charge in [0.15, 0.2) is 20.0 Å². The fourth-order valence-electron chi connectivity index (χ4n) is 19.8. The molecule has 8 amide bonds. The van der Waals surface area contributed by atoms with Crippen LogP contribution < -0.4 is 42.5 Å². The van der Waals surface area contributed by atoms with Crippen LogP contribution in [0, 0.1) is 44.9 Å². The van der Waals surface area contributed by atoms with Crippen molar-refractivity contribution in [2.75, 3.05) is 67.1 Å². The zero-order chi connectivity index (χ0) is 102. The van der Waals surface area contributed by atoms with Gasteiger partial charge in [-0.25, -0.2) is 48.7 Å². The second-order valence-corrected chi connectivity index (χ2v) is 48.2. The highest BCUT2D eigenvalue weighted by Crippen LogP contribution is 2.49. The lowest BCUT2D eigenvalue weighted by atomic mass is 9.78. The van der Waals surface area contributed by atoms with Crippen LogP contribution in [0.1, 0.15) is 342 Å². The second-order valence-electron chi connectivity index (χ2n) is 44.2. The predicted octanol–water partition coefficient (Wildman–Crippen LogP) is 16.9. The maximum Gasteiger partial charge on any atom is 0.280 e. The number of thiazole rings is 4. The van der Waals surface area contributed by atoms with Crippen molar-refractivity contribution in [2.24, 2.45) is 17.3 Å². The molecule has 6 aliphatic heterocycles. The number of aromatic nitrogens is 8. The van der Waals surface area contributed by atoms with E-state index < -0.39 is 65.1 Å². The molecule has 8 aromatic rings. The number of likely N-dealkylation sites (tertiary alicyclic amines) is 2. The van der Waals surface area contributed by atoms with Gasteiger partial charge in [-0.1, -0.05) is 20.8 Å². The largest absolute Gasteiger partial charge is 0.389 e. The number of nitrogens with one attached hydrogen (secondary N) is 8. The summed E-state index contributed by atoms with van der Waals surface area (Å²) in [7, 11) is 0. The molecule has 32 nitrogen and oxygen atoms in total. The number of carbonyl (C=O) groups is 8. The number of nitrogens with zero attached hydrogens (tertiary/aromatic N) is 12. The summed E-state index contributed by atoms with van der Waals surface area (Å²) in [6.45, 7) is 34.4. The molecule has 4 saturated carbocycles. The number of rotatable bonds is 33. The fraction of sp³-hybridized carbons (Fsp3) is 0.615. The number of fused-ring (bicyclic) bond motifs is 4. The maximum absolute atomic E-state index is 14.1. The summed E-state index contributed by atoms with van der Waals surface area (Å²) in [5.74, 6) is -1.01. The average molecular weight is 2030 g/mol. The summed E-state index contributed by atoms with van der Waals surface area (Å²) in [4.78, 5) is 152. The first-order valence-electron chi connectivity index (χ1n) is 50.5. The molecule has 18 rings (SSSR count). The molecule has 4 atom stereocenters. The third-order valence-corrected chi connectivity index (χ3v) is 33.2. The van der Waals surface area contributed by atoms with Gasteiger partial charge in [0, 0.05) is 147 Å². The van der Waals surface area contributed by atoms with E-state index in [1.807, 2.05) is 73.6 Å². The molecule has 0 unspecified atom stereocenters. The van der Waals surface area contributed by atoms with E-state index in [2.05, 4.69) is 110 Å². The summed E-state index contributed by atoms with van der Waals surface area (Å²) < 4.78 is 28.1. The lowest BCUT2D eigenvalue weighted by Gasteiger charge is -2.39. The number of hydrogen-bond donors (Lipinski definition) is 12. The third kappa shape index (κ3) is 26.0. The Kier molecular flexibility index (Phi) is 32.0. The topological polar surface area (TPSA) is 430 Å². The van der Waals surface area contributed by atoms with Gasteiger partial charge in [0.2, 0.25) is 0 Å². The number of pyridine rings is 4. The number of halogens is 2. The summed E-state index contributed by atoms with van der Waals surface area (Å²) >= 11 is 4.65. The predicted molar refractivity (Wildman–Crippen MR) is 552 cm³/mol. The number of aliphatic hydroxyl groups is 4. The van der Waals surface area contributed by atoms with Crippen molar-refractivity contribution in [1.82, 2.24) is 80.7 Å². The van der Waals surface area contributed by atoms with E-state index >= 15 is 0 Å². The van der Waals surface area contributed by atoms with Crippen molar-refractivity contribution >= 4 is 116 Å². The number of carbonyl (C=O) groups excluding carboxylic acids is 8. The molecule has 10 fully saturated rings. The van der Waals surface area contributed by atoms with Gasteiger partial charge in [0.1, 0.15) is 46.0 Å². The van der Waals surface area contributed by atoms with Crippen LogP contribution in [0.4, 0.5) is 32.1 Å². The number of amides is 8. The molecule has 4 bridgehead atoms. The average Bonchev–Trinajstić information content (AvgIpc) is 1.60. The van der Waals surface area contributed by atoms with Gasteiger partial charge in [0.25, 0.3) is 53.2 Å². The molecule has 14 heterocycles. The SMILES string of the molecule is CC[C@@H](Nc1cc(C)c(-c2sc(C(=O)NCC(C)(C)O)nc2C(=O)N2C3CCC2CC3)cn1)C1CC1.CC[C@H](Nc1cc(C)c(-c2sc(C(=O)NCC(C)(C)O)nc2C(=O)N2C3CCC2CC3)cn1)C1CC1.Cc1cc(NC2(C)CCC2)ncc1-c1sc(C(=O)NCC(C)(C)O)nc1C(=O)N1CC(F)(F)C[C@@H]1C.Cc1cc(NCC2(C)CC2)ncc1-c1sc(C(=O)NCC(C)(C)O)nc1C(=O)N1CCC[C@@H]1C. The molecule has 4 aliphatic carbocycles. The minimum Gasteiger partial charge on any atom is -0.389 e. The van der Waals surface area contributed by atoms with Gasteiger partial charge in [-0.05, 0) is 302 Å². The summed E-state index contributed by atoms with van der Waals surface area (Å²) in [5, 5.41) is 65.5. The zero-order valence-electron chi connectivity index (χ0n) is 85.2. The van der Waals surface area contributed by atoms with Crippen molar-refractivity contribution in [2.45, 2.75) is 348 Å². The van der Waals surface area contributed by atoms with Gasteiger partial charge in [-0.2, -0.15) is 0 Å². The van der Waals surface area contributed by atoms with Crippen LogP contribution in [0.25, 0.3) is 41.8 Å². The van der Waals surface area contributed by atoms with E-state index in [1.54, 1.807) is 87.1 Å². The van der Waals surface area contributed by atoms with Gasteiger partial charge in [-0.3, -0.25) is 38.4 Å². The first-order valence-corrected chi connectivity index (χ1v) is 53.8. The van der Waals surface area contributed by atoms with Crippen LogP contribution in [0.3, 0.4) is 0 Å². The van der Waals surface area contributed by atoms with Gasteiger partial charge < -0.3 is 82.6 Å². The van der Waals surface area contributed by atoms with E-state index in [0.29, 0.717) is 72.0 Å². The number of alkyl halides is 2. The first kappa shape index (κ1) is 106. The van der Waals surface area contributed by atoms with Gasteiger partial charge >= 0.3 is 0 Å². The van der Waals surface area contributed by atoms with Gasteiger partial charge in [0.05, 0.1) is 48.5 Å². The maximum atomic E-state index is 14.1. The Bertz CT molecular complexity index is 5780. The Balaban J connectivity index is 0.000000143. The van der Waals surface area contributed by atoms with Gasteiger partial charge in [-0.15, -0.1) is 45.3 Å². The van der Waals surface area contributed by atoms with E-state index in [9.17, 15) is 67.6 Å². The molecule has 10 aliphatic rings. The highest BCUT2D eigenvalue weighted by Gasteiger charge is 2.50. The monoisotopic (exact) mass is 2030 g/mol. The molecule has 0 radical (unpaired) electrons. The standard InChI is InChI=1S/2C27H37N5O3S.C25H33F2N5O3S.C25H35N5O3S/c2*1-5-20(16-6-7-16)30-21-12-15(2)19(13-28-21)23-22(26(34)32-17-8-9-18(32)11-10-17)31-25(36-23)24(33)29-14-27(3,4)35;1-14-9-17(31-24(5)7-6-8-24)28-11-16(14)19-18(22(34)32-13-25(26,27)10-15(32)2)30-21(36-19)20(33)29-12-23(3,4)35;1-15-11-18(27-14-25(5)8-9-25)26-12-17(15)20-19(23(32)30-10-6-7-16(30)2)29-22(34-20)21(31)28-13-24(3,4)33/h2*12-13,16-18,20,35H,5-11,14H2,1-4H3,(H,28,30)(H,29,33);9,11,15,35H,6-8,10,12-13H2,1-5H3,(H,28,31)(H,29,33);11-12,16,33H,6-10,13-14H2,1-5H3,(H,26,27)(H,28,31)/t2*17?,18?,20-;15-;16-/m1000/s1. The third-order valence-electron chi connectivity index (χ3n) is 28.8. The van der Waals surface area contributed by atoms with Crippen LogP contribution in [0.5, 0.6) is 0 Å². The molecule has 0 spiro atoms. The Morgan fingerprint density at radius 2 is 0.746 bits per heavy atom. The van der Waals surface area contributed by atoms with Crippen LogP contribution >= 0.6 is 45.3 Å². The summed E-state index contributed by atoms with van der Waals surface area (Å²) in [5.41, 5.74) is 3.87. The lowest BCUT2D eigenvalue weighted by Crippen LogP contribution is -2.41. The minimum atomic E-state index is -2.97. The number of aryl methyl sites for hydroxylation is 4. The van der Waals surface area contributed by atoms with Crippen molar-refractivity contribution < 1.29 is 67.6 Å². The number of hydrogen-bond acceptors (Lipinski definition) is 28. The fourth-order valence-corrected chi connectivity index (χ4v) is 24.0. The highest BCUT2D eigenvalue weighted by molar-refractivity contribution is 7.18. The molecule has 12 N–H and O–H groups in total. The molecule has 8 aromatic heterocycles. The van der Waals surface area contributed by atoms with Crippen LogP contribution in [-0.4, -0.2) is 255 Å². The number of anilines is 4. The Hall–Kier alpha value is -10.2. The molecule has 6 saturated heterocycles. The molecule has 142 heavy (non-hydrogen) atoms. The van der Waals surface area contributed by atoms with Crippen LogP contribution in [0.15, 0.2) is 49.1 Å². The highest BCUT2D eigenvalue weighted by atomic mass is 32.1. The molecule has 768 valence electrons. The molecular weight excluding hydrogens is 1890 g/mol. The zero-order valence-corrected chi connectivity index (χ0v) is 88.5. The van der Waals surface area contributed by atoms with E-state index in [4.69, 9.17) is 0 Å². The first-order chi connectivity index (χ1) is 66.9. The Morgan fingerprint density at radius 3 is 1.03 bits per heavy atom. The summed E-state index contributed by atoms with van der Waals surface area (Å²) in [6.07, 6.45) is 29.8. The smallest absolute Gasteiger partial charge is 0.280 e. The second kappa shape index (κ2) is 42.8. The molecular formula is C104H142F2N20O12S4. The molecule has 38 heteroatoms. The van der Waals surface area contributed by atoms with Crippen LogP contribution in [-0.2, 0) is 0 Å². The lowest BCUT2D eigenvalue weighted by molar-refractivity contribution is 0.0117. The van der Waals surface area contributed by atoms with Crippen molar-refractivity contribution in [3.63, 3.8) is 0 Å². The van der Waals surface area contributed by atoms with Crippen molar-refractivity contribution in [1.29, 1.82) is 0 Å². The minimum absolute atomic E-state index is 0.00936.